The average molecular weight is 245 g/mol. The summed E-state index contributed by atoms with van der Waals surface area (Å²) in [5, 5.41) is 0. The number of hydrogen-bond donors (Lipinski definition) is 0. The lowest BCUT2D eigenvalue weighted by Crippen LogP contribution is -2.05. The molecular formula is C12H14ClFO2. The van der Waals surface area contributed by atoms with Crippen molar-refractivity contribution in [1.82, 2.24) is 0 Å². The van der Waals surface area contributed by atoms with Gasteiger partial charge >= 0.3 is 0 Å². The van der Waals surface area contributed by atoms with Gasteiger partial charge in [0, 0.05) is 11.9 Å². The van der Waals surface area contributed by atoms with Crippen LogP contribution >= 0.6 is 11.6 Å². The van der Waals surface area contributed by atoms with Gasteiger partial charge in [-0.3, -0.25) is 0 Å². The lowest BCUT2D eigenvalue weighted by molar-refractivity contribution is 0.00981. The average Bonchev–Trinajstić information content (AvgIpc) is 3.07. The molecule has 1 aliphatic carbocycles. The Balaban J connectivity index is 1.80. The molecule has 1 aliphatic rings. The number of hydrogen-bond acceptors (Lipinski definition) is 2. The van der Waals surface area contributed by atoms with Crippen LogP contribution in [-0.2, 0) is 10.6 Å². The third-order valence-corrected chi connectivity index (χ3v) is 2.75. The van der Waals surface area contributed by atoms with E-state index >= 15 is 0 Å². The van der Waals surface area contributed by atoms with E-state index in [-0.39, 0.29) is 18.5 Å². The summed E-state index contributed by atoms with van der Waals surface area (Å²) in [4.78, 5) is 0. The number of halogens is 2. The van der Waals surface area contributed by atoms with E-state index in [1.165, 1.54) is 25.0 Å². The van der Waals surface area contributed by atoms with Crippen LogP contribution in [0.1, 0.15) is 18.4 Å². The first-order valence-electron chi connectivity index (χ1n) is 5.34. The molecule has 0 aliphatic heterocycles. The van der Waals surface area contributed by atoms with Crippen LogP contribution in [0, 0.1) is 11.7 Å². The van der Waals surface area contributed by atoms with Gasteiger partial charge in [-0.15, -0.1) is 11.6 Å². The highest BCUT2D eigenvalue weighted by atomic mass is 35.5. The van der Waals surface area contributed by atoms with Crippen LogP contribution in [-0.4, -0.2) is 13.4 Å². The third kappa shape index (κ3) is 3.65. The first kappa shape index (κ1) is 11.7. The Morgan fingerprint density at radius 1 is 1.31 bits per heavy atom. The molecule has 16 heavy (non-hydrogen) atoms. The molecule has 88 valence electrons. The molecule has 1 aromatic carbocycles. The second-order valence-electron chi connectivity index (χ2n) is 4.01. The molecule has 0 unspecified atom stereocenters. The van der Waals surface area contributed by atoms with Crippen molar-refractivity contribution in [2.75, 3.05) is 13.4 Å². The summed E-state index contributed by atoms with van der Waals surface area (Å²) < 4.78 is 23.7. The Morgan fingerprint density at radius 3 is 2.81 bits per heavy atom. The topological polar surface area (TPSA) is 18.5 Å². The van der Waals surface area contributed by atoms with Crippen molar-refractivity contribution in [2.24, 2.45) is 5.92 Å². The molecule has 0 aromatic heterocycles. The fraction of sp³-hybridized carbons (Fsp3) is 0.500. The fourth-order valence-electron chi connectivity index (χ4n) is 1.39. The minimum absolute atomic E-state index is 0.168. The number of benzene rings is 1. The molecule has 0 radical (unpaired) electrons. The molecule has 0 bridgehead atoms. The van der Waals surface area contributed by atoms with E-state index in [0.717, 1.165) is 6.61 Å². The van der Waals surface area contributed by atoms with Gasteiger partial charge in [0.05, 0.1) is 6.61 Å². The van der Waals surface area contributed by atoms with Crippen LogP contribution in [0.2, 0.25) is 0 Å². The minimum Gasteiger partial charge on any atom is -0.467 e. The lowest BCUT2D eigenvalue weighted by atomic mass is 10.2. The Kier molecular flexibility index (Phi) is 4.02. The van der Waals surface area contributed by atoms with Crippen LogP contribution in [0.3, 0.4) is 0 Å². The first-order valence-corrected chi connectivity index (χ1v) is 5.87. The van der Waals surface area contributed by atoms with E-state index in [0.29, 0.717) is 17.2 Å². The van der Waals surface area contributed by atoms with Crippen molar-refractivity contribution in [3.05, 3.63) is 29.6 Å². The van der Waals surface area contributed by atoms with Gasteiger partial charge in [0.1, 0.15) is 11.6 Å². The lowest BCUT2D eigenvalue weighted by Gasteiger charge is -2.08. The van der Waals surface area contributed by atoms with Crippen LogP contribution < -0.4 is 4.74 Å². The maximum atomic E-state index is 13.1. The SMILES string of the molecule is Fc1cc(CCl)cc(OCOCC2CC2)c1. The van der Waals surface area contributed by atoms with E-state index in [2.05, 4.69) is 0 Å². The Labute approximate surface area is 99.3 Å². The summed E-state index contributed by atoms with van der Waals surface area (Å²) >= 11 is 5.63. The van der Waals surface area contributed by atoms with Crippen LogP contribution in [0.15, 0.2) is 18.2 Å². The van der Waals surface area contributed by atoms with Gasteiger partial charge in [0.15, 0.2) is 6.79 Å². The Morgan fingerprint density at radius 2 is 2.12 bits per heavy atom. The summed E-state index contributed by atoms with van der Waals surface area (Å²) in [6.07, 6.45) is 2.49. The van der Waals surface area contributed by atoms with E-state index < -0.39 is 0 Å². The molecule has 0 atom stereocenters. The molecule has 1 aromatic rings. The van der Waals surface area contributed by atoms with Gasteiger partial charge in [0.2, 0.25) is 0 Å². The van der Waals surface area contributed by atoms with E-state index in [9.17, 15) is 4.39 Å². The normalized spacial score (nSPS) is 15.1. The maximum Gasteiger partial charge on any atom is 0.189 e. The molecule has 2 rings (SSSR count). The van der Waals surface area contributed by atoms with Gasteiger partial charge in [-0.1, -0.05) is 0 Å². The number of alkyl halides is 1. The van der Waals surface area contributed by atoms with Crippen LogP contribution in [0.25, 0.3) is 0 Å². The number of ether oxygens (including phenoxy) is 2. The van der Waals surface area contributed by atoms with Gasteiger partial charge in [0.25, 0.3) is 0 Å². The summed E-state index contributed by atoms with van der Waals surface area (Å²) in [5.74, 6) is 1.10. The molecule has 4 heteroatoms. The highest BCUT2D eigenvalue weighted by molar-refractivity contribution is 6.17. The molecule has 1 fully saturated rings. The molecule has 0 heterocycles. The van der Waals surface area contributed by atoms with E-state index in [4.69, 9.17) is 21.1 Å². The van der Waals surface area contributed by atoms with Crippen LogP contribution in [0.4, 0.5) is 4.39 Å². The summed E-state index contributed by atoms with van der Waals surface area (Å²) in [6.45, 7) is 0.902. The largest absolute Gasteiger partial charge is 0.467 e. The first-order chi connectivity index (χ1) is 7.78. The highest BCUT2D eigenvalue weighted by Crippen LogP contribution is 2.28. The predicted molar refractivity (Wildman–Crippen MR) is 60.1 cm³/mol. The van der Waals surface area contributed by atoms with Crippen molar-refractivity contribution < 1.29 is 13.9 Å². The third-order valence-electron chi connectivity index (χ3n) is 2.44. The molecule has 0 amide bonds. The molecule has 2 nitrogen and oxygen atoms in total. The molecule has 0 saturated heterocycles. The molecule has 0 spiro atoms. The molecule has 1 saturated carbocycles. The predicted octanol–water partition coefficient (Wildman–Crippen LogP) is 3.33. The van der Waals surface area contributed by atoms with Crippen molar-refractivity contribution in [3.63, 3.8) is 0 Å². The van der Waals surface area contributed by atoms with Crippen molar-refractivity contribution >= 4 is 11.6 Å². The smallest absolute Gasteiger partial charge is 0.189 e. The zero-order chi connectivity index (χ0) is 11.4. The highest BCUT2D eigenvalue weighted by Gasteiger charge is 2.21. The van der Waals surface area contributed by atoms with Gasteiger partial charge in [-0.25, -0.2) is 4.39 Å². The minimum atomic E-state index is -0.338. The zero-order valence-corrected chi connectivity index (χ0v) is 9.67. The quantitative estimate of drug-likeness (QED) is 0.434. The van der Waals surface area contributed by atoms with E-state index in [1.54, 1.807) is 6.07 Å². The standard InChI is InChI=1S/C12H14ClFO2/c13-6-10-3-11(14)5-12(4-10)16-8-15-7-9-1-2-9/h3-5,9H,1-2,6-8H2. The fourth-order valence-corrected chi connectivity index (χ4v) is 1.54. The van der Waals surface area contributed by atoms with Crippen molar-refractivity contribution in [1.29, 1.82) is 0 Å². The Hall–Kier alpha value is -0.800. The summed E-state index contributed by atoms with van der Waals surface area (Å²) in [7, 11) is 0. The van der Waals surface area contributed by atoms with Crippen LogP contribution in [0.5, 0.6) is 5.75 Å². The number of rotatable bonds is 6. The molecule has 0 N–H and O–H groups in total. The maximum absolute atomic E-state index is 13.1. The second kappa shape index (κ2) is 5.51. The Bertz CT molecular complexity index is 353. The van der Waals surface area contributed by atoms with Crippen molar-refractivity contribution in [3.8, 4) is 5.75 Å². The van der Waals surface area contributed by atoms with Gasteiger partial charge in [-0.05, 0) is 36.5 Å². The molecular weight excluding hydrogens is 231 g/mol. The zero-order valence-electron chi connectivity index (χ0n) is 8.92. The summed E-state index contributed by atoms with van der Waals surface area (Å²) in [6, 6.07) is 4.44. The van der Waals surface area contributed by atoms with Crippen molar-refractivity contribution in [2.45, 2.75) is 18.7 Å². The van der Waals surface area contributed by atoms with Gasteiger partial charge < -0.3 is 9.47 Å². The second-order valence-corrected chi connectivity index (χ2v) is 4.27. The van der Waals surface area contributed by atoms with Gasteiger partial charge in [-0.2, -0.15) is 0 Å². The summed E-state index contributed by atoms with van der Waals surface area (Å²) in [5.41, 5.74) is 0.707. The monoisotopic (exact) mass is 244 g/mol. The van der Waals surface area contributed by atoms with E-state index in [1.807, 2.05) is 0 Å².